The van der Waals surface area contributed by atoms with E-state index in [4.69, 9.17) is 9.84 Å². The zero-order valence-electron chi connectivity index (χ0n) is 15.1. The third-order valence-electron chi connectivity index (χ3n) is 6.65. The predicted molar refractivity (Wildman–Crippen MR) is 93.5 cm³/mol. The maximum atomic E-state index is 14.2. The highest BCUT2D eigenvalue weighted by Crippen LogP contribution is 2.60. The molecule has 1 aromatic carbocycles. The molecule has 4 heteroatoms. The Kier molecular flexibility index (Phi) is 4.04. The van der Waals surface area contributed by atoms with Crippen molar-refractivity contribution in [2.45, 2.75) is 58.3 Å². The van der Waals surface area contributed by atoms with Gasteiger partial charge in [-0.25, -0.2) is 9.18 Å². The van der Waals surface area contributed by atoms with E-state index in [2.05, 4.69) is 0 Å². The molecule has 4 saturated carbocycles. The number of benzene rings is 1. The molecule has 1 aromatic rings. The standard InChI is InChI=1S/C21H27FO3/c1-12(2)16-6-17(20(23)24)18(22)7-19(16)25-11-21-8-13-3-14(9-21)5-15(4-13)10-21/h6-7,12-15H,3-5,8-11H2,1-2H3,(H,23,24). The molecule has 0 aliphatic heterocycles. The monoisotopic (exact) mass is 346 g/mol. The van der Waals surface area contributed by atoms with Crippen molar-refractivity contribution in [1.82, 2.24) is 0 Å². The fourth-order valence-electron chi connectivity index (χ4n) is 6.01. The van der Waals surface area contributed by atoms with Gasteiger partial charge in [0.05, 0.1) is 12.2 Å². The number of hydrogen-bond acceptors (Lipinski definition) is 2. The number of halogens is 1. The zero-order chi connectivity index (χ0) is 17.8. The molecule has 1 N–H and O–H groups in total. The highest BCUT2D eigenvalue weighted by atomic mass is 19.1. The molecule has 0 heterocycles. The summed E-state index contributed by atoms with van der Waals surface area (Å²) in [6.45, 7) is 4.61. The number of aromatic carboxylic acids is 1. The Morgan fingerprint density at radius 3 is 2.24 bits per heavy atom. The maximum absolute atomic E-state index is 14.2. The molecule has 4 aliphatic rings. The van der Waals surface area contributed by atoms with E-state index < -0.39 is 11.8 Å². The van der Waals surface area contributed by atoms with Crippen LogP contribution in [0.4, 0.5) is 4.39 Å². The maximum Gasteiger partial charge on any atom is 0.338 e. The van der Waals surface area contributed by atoms with Crippen LogP contribution in [0.3, 0.4) is 0 Å². The summed E-state index contributed by atoms with van der Waals surface area (Å²) in [4.78, 5) is 11.2. The molecular weight excluding hydrogens is 319 g/mol. The van der Waals surface area contributed by atoms with E-state index >= 15 is 0 Å². The lowest BCUT2D eigenvalue weighted by Crippen LogP contribution is -2.48. The highest BCUT2D eigenvalue weighted by Gasteiger charge is 2.51. The molecule has 4 bridgehead atoms. The molecule has 0 saturated heterocycles. The second kappa shape index (κ2) is 6.00. The smallest absolute Gasteiger partial charge is 0.338 e. The minimum Gasteiger partial charge on any atom is -0.493 e. The topological polar surface area (TPSA) is 46.5 Å². The Balaban J connectivity index is 1.57. The summed E-state index contributed by atoms with van der Waals surface area (Å²) in [7, 11) is 0. The van der Waals surface area contributed by atoms with E-state index in [0.29, 0.717) is 12.4 Å². The van der Waals surface area contributed by atoms with E-state index in [9.17, 15) is 9.18 Å². The first-order valence-electron chi connectivity index (χ1n) is 9.55. The minimum absolute atomic E-state index is 0.0880. The minimum atomic E-state index is -1.23. The largest absolute Gasteiger partial charge is 0.493 e. The van der Waals surface area contributed by atoms with E-state index in [1.54, 1.807) is 0 Å². The zero-order valence-corrected chi connectivity index (χ0v) is 15.1. The van der Waals surface area contributed by atoms with Gasteiger partial charge in [-0.2, -0.15) is 0 Å². The van der Waals surface area contributed by atoms with Gasteiger partial charge in [0.1, 0.15) is 11.6 Å². The summed E-state index contributed by atoms with van der Waals surface area (Å²) in [5, 5.41) is 9.17. The molecule has 0 atom stereocenters. The first-order chi connectivity index (χ1) is 11.8. The Bertz CT molecular complexity index is 659. The fourth-order valence-corrected chi connectivity index (χ4v) is 6.01. The van der Waals surface area contributed by atoms with Gasteiger partial charge in [-0.05, 0) is 73.8 Å². The molecule has 0 unspecified atom stereocenters. The van der Waals surface area contributed by atoms with Crippen molar-refractivity contribution in [3.05, 3.63) is 29.1 Å². The molecular formula is C21H27FO3. The summed E-state index contributed by atoms with van der Waals surface area (Å²) in [6.07, 6.45) is 7.89. The first kappa shape index (κ1) is 16.9. The number of hydrogen-bond donors (Lipinski definition) is 1. The molecule has 25 heavy (non-hydrogen) atoms. The molecule has 0 amide bonds. The van der Waals surface area contributed by atoms with Crippen LogP contribution in [0.15, 0.2) is 12.1 Å². The van der Waals surface area contributed by atoms with Gasteiger partial charge in [0.15, 0.2) is 0 Å². The molecule has 0 radical (unpaired) electrons. The molecule has 3 nitrogen and oxygen atoms in total. The van der Waals surface area contributed by atoms with Crippen LogP contribution in [0.1, 0.15) is 74.2 Å². The molecule has 4 aliphatic carbocycles. The summed E-state index contributed by atoms with van der Waals surface area (Å²) in [5.74, 6) is 1.23. The van der Waals surface area contributed by atoms with Crippen LogP contribution in [0.2, 0.25) is 0 Å². The quantitative estimate of drug-likeness (QED) is 0.793. The van der Waals surface area contributed by atoms with Crippen molar-refractivity contribution < 1.29 is 19.0 Å². The van der Waals surface area contributed by atoms with Crippen molar-refractivity contribution in [3.63, 3.8) is 0 Å². The van der Waals surface area contributed by atoms with Gasteiger partial charge in [-0.3, -0.25) is 0 Å². The van der Waals surface area contributed by atoms with Gasteiger partial charge in [0, 0.05) is 11.5 Å². The normalized spacial score (nSPS) is 33.0. The summed E-state index contributed by atoms with van der Waals surface area (Å²) in [5.41, 5.74) is 0.764. The lowest BCUT2D eigenvalue weighted by molar-refractivity contribution is -0.0747. The molecule has 0 aromatic heterocycles. The van der Waals surface area contributed by atoms with Crippen LogP contribution >= 0.6 is 0 Å². The van der Waals surface area contributed by atoms with Gasteiger partial charge < -0.3 is 9.84 Å². The Morgan fingerprint density at radius 2 is 1.76 bits per heavy atom. The number of ether oxygens (including phenoxy) is 1. The van der Waals surface area contributed by atoms with Gasteiger partial charge in [-0.15, -0.1) is 0 Å². The van der Waals surface area contributed by atoms with Crippen LogP contribution in [-0.4, -0.2) is 17.7 Å². The molecule has 136 valence electrons. The van der Waals surface area contributed by atoms with E-state index in [-0.39, 0.29) is 16.9 Å². The van der Waals surface area contributed by atoms with E-state index in [1.807, 2.05) is 13.8 Å². The highest BCUT2D eigenvalue weighted by molar-refractivity contribution is 5.88. The van der Waals surface area contributed by atoms with Crippen LogP contribution in [0.5, 0.6) is 5.75 Å². The Morgan fingerprint density at radius 1 is 1.20 bits per heavy atom. The average Bonchev–Trinajstić information content (AvgIpc) is 2.51. The summed E-state index contributed by atoms with van der Waals surface area (Å²) < 4.78 is 20.3. The fraction of sp³-hybridized carbons (Fsp3) is 0.667. The second-order valence-electron chi connectivity index (χ2n) is 9.04. The molecule has 4 fully saturated rings. The Hall–Kier alpha value is -1.58. The van der Waals surface area contributed by atoms with E-state index in [0.717, 1.165) is 23.3 Å². The van der Waals surface area contributed by atoms with Crippen LogP contribution < -0.4 is 4.74 Å². The summed E-state index contributed by atoms with van der Waals surface area (Å²) in [6, 6.07) is 2.72. The van der Waals surface area contributed by atoms with E-state index in [1.165, 1.54) is 50.7 Å². The van der Waals surface area contributed by atoms with Crippen molar-refractivity contribution >= 4 is 5.97 Å². The van der Waals surface area contributed by atoms with Gasteiger partial charge in [-0.1, -0.05) is 13.8 Å². The number of carboxylic acids is 1. The Labute approximate surface area is 148 Å². The van der Waals surface area contributed by atoms with Gasteiger partial charge >= 0.3 is 5.97 Å². The lowest BCUT2D eigenvalue weighted by atomic mass is 9.50. The first-order valence-corrected chi connectivity index (χ1v) is 9.55. The molecule has 0 spiro atoms. The SMILES string of the molecule is CC(C)c1cc(C(=O)O)c(F)cc1OCC12CC3CC(CC(C3)C1)C2. The van der Waals surface area contributed by atoms with Crippen molar-refractivity contribution in [2.24, 2.45) is 23.2 Å². The summed E-state index contributed by atoms with van der Waals surface area (Å²) >= 11 is 0. The van der Waals surface area contributed by atoms with Crippen LogP contribution in [-0.2, 0) is 0 Å². The van der Waals surface area contributed by atoms with Crippen molar-refractivity contribution in [2.75, 3.05) is 6.61 Å². The third-order valence-corrected chi connectivity index (χ3v) is 6.65. The second-order valence-corrected chi connectivity index (χ2v) is 9.04. The molecule has 5 rings (SSSR count). The van der Waals surface area contributed by atoms with Crippen molar-refractivity contribution in [3.8, 4) is 5.75 Å². The van der Waals surface area contributed by atoms with Crippen LogP contribution in [0.25, 0.3) is 0 Å². The number of carbonyl (C=O) groups is 1. The van der Waals surface area contributed by atoms with Gasteiger partial charge in [0.25, 0.3) is 0 Å². The number of rotatable bonds is 5. The predicted octanol–water partition coefficient (Wildman–Crippen LogP) is 5.24. The van der Waals surface area contributed by atoms with Crippen molar-refractivity contribution in [1.29, 1.82) is 0 Å². The number of carboxylic acid groups (broad SMARTS) is 1. The third kappa shape index (κ3) is 3.04. The van der Waals surface area contributed by atoms with Crippen LogP contribution in [0, 0.1) is 29.0 Å². The lowest BCUT2D eigenvalue weighted by Gasteiger charge is -2.56. The average molecular weight is 346 g/mol. The van der Waals surface area contributed by atoms with Gasteiger partial charge in [0.2, 0.25) is 0 Å².